The Kier molecular flexibility index (Phi) is 5.33. The highest BCUT2D eigenvalue weighted by Crippen LogP contribution is 2.20. The van der Waals surface area contributed by atoms with E-state index in [1.165, 1.54) is 6.07 Å². The number of benzene rings is 1. The van der Waals surface area contributed by atoms with E-state index in [0.717, 1.165) is 10.4 Å². The number of halogens is 1. The van der Waals surface area contributed by atoms with Gasteiger partial charge in [0.15, 0.2) is 0 Å². The second kappa shape index (κ2) is 7.84. The lowest BCUT2D eigenvalue weighted by atomic mass is 10.1. The average Bonchev–Trinajstić information content (AvgIpc) is 3.13. The summed E-state index contributed by atoms with van der Waals surface area (Å²) in [6, 6.07) is 14.2. The topological polar surface area (TPSA) is 42.0 Å². The van der Waals surface area contributed by atoms with Gasteiger partial charge in [0.05, 0.1) is 12.2 Å². The van der Waals surface area contributed by atoms with E-state index in [1.807, 2.05) is 23.6 Å². The van der Waals surface area contributed by atoms with Crippen LogP contribution in [0.5, 0.6) is 0 Å². The van der Waals surface area contributed by atoms with Crippen LogP contribution in [-0.2, 0) is 17.8 Å². The zero-order chi connectivity index (χ0) is 16.8. The van der Waals surface area contributed by atoms with E-state index >= 15 is 0 Å². The van der Waals surface area contributed by atoms with Gasteiger partial charge in [0.25, 0.3) is 0 Å². The number of hydrogen-bond acceptors (Lipinski definition) is 3. The minimum absolute atomic E-state index is 0.0154. The van der Waals surface area contributed by atoms with E-state index in [4.69, 9.17) is 0 Å². The highest BCUT2D eigenvalue weighted by molar-refractivity contribution is 7.09. The number of aromatic nitrogens is 1. The van der Waals surface area contributed by atoms with Crippen LogP contribution in [0.4, 0.5) is 4.39 Å². The number of nitrogens with zero attached hydrogens (tertiary/aromatic N) is 1. The molecule has 1 amide bonds. The number of carbonyl (C=O) groups excluding carboxylic acids is 1. The van der Waals surface area contributed by atoms with Gasteiger partial charge < -0.3 is 5.32 Å². The van der Waals surface area contributed by atoms with Crippen molar-refractivity contribution in [1.82, 2.24) is 10.3 Å². The zero-order valence-corrected chi connectivity index (χ0v) is 13.9. The predicted octanol–water partition coefficient (Wildman–Crippen LogP) is 4.20. The van der Waals surface area contributed by atoms with Crippen molar-refractivity contribution in [3.05, 3.63) is 76.4 Å². The molecule has 3 rings (SSSR count). The molecule has 1 aromatic carbocycles. The van der Waals surface area contributed by atoms with Crippen molar-refractivity contribution in [2.45, 2.75) is 19.4 Å². The van der Waals surface area contributed by atoms with Crippen LogP contribution in [0.2, 0.25) is 0 Å². The molecule has 2 aromatic heterocycles. The van der Waals surface area contributed by atoms with Gasteiger partial charge in [-0.2, -0.15) is 0 Å². The molecule has 0 bridgehead atoms. The number of aryl methyl sites for hydroxylation is 1. The molecule has 122 valence electrons. The number of nitrogens with one attached hydrogen (secondary N) is 1. The monoisotopic (exact) mass is 340 g/mol. The first-order valence-electron chi connectivity index (χ1n) is 7.71. The molecule has 5 heteroatoms. The summed E-state index contributed by atoms with van der Waals surface area (Å²) in [5.74, 6) is -0.271. The fourth-order valence-electron chi connectivity index (χ4n) is 2.35. The lowest BCUT2D eigenvalue weighted by Gasteiger charge is -2.06. The van der Waals surface area contributed by atoms with Crippen molar-refractivity contribution >= 4 is 17.2 Å². The third kappa shape index (κ3) is 4.26. The highest BCUT2D eigenvalue weighted by Gasteiger charge is 2.07. The summed E-state index contributed by atoms with van der Waals surface area (Å²) < 4.78 is 13.7. The molecule has 0 saturated heterocycles. The fraction of sp³-hybridized carbons (Fsp3) is 0.158. The summed E-state index contributed by atoms with van der Waals surface area (Å²) in [4.78, 5) is 17.3. The van der Waals surface area contributed by atoms with Crippen LogP contribution in [0.3, 0.4) is 0 Å². The quantitative estimate of drug-likeness (QED) is 0.731. The first-order valence-corrected chi connectivity index (χ1v) is 8.59. The molecule has 3 aromatic rings. The number of thiophene rings is 1. The lowest BCUT2D eigenvalue weighted by molar-refractivity contribution is -0.121. The fourth-order valence-corrected chi connectivity index (χ4v) is 2.99. The summed E-state index contributed by atoms with van der Waals surface area (Å²) in [6.45, 7) is 0.570. The molecule has 3 nitrogen and oxygen atoms in total. The maximum atomic E-state index is 13.7. The third-order valence-electron chi connectivity index (χ3n) is 3.66. The molecule has 0 saturated carbocycles. The van der Waals surface area contributed by atoms with Crippen molar-refractivity contribution in [2.75, 3.05) is 0 Å². The first-order chi connectivity index (χ1) is 11.7. The van der Waals surface area contributed by atoms with Crippen LogP contribution in [-0.4, -0.2) is 10.9 Å². The Hall–Kier alpha value is -2.53. The van der Waals surface area contributed by atoms with E-state index in [-0.39, 0.29) is 11.7 Å². The van der Waals surface area contributed by atoms with Gasteiger partial charge >= 0.3 is 0 Å². The summed E-state index contributed by atoms with van der Waals surface area (Å²) in [6.07, 6.45) is 2.72. The Balaban J connectivity index is 1.53. The Morgan fingerprint density at radius 2 is 2.00 bits per heavy atom. The number of rotatable bonds is 6. The number of pyridine rings is 1. The normalized spacial score (nSPS) is 10.5. The summed E-state index contributed by atoms with van der Waals surface area (Å²) in [5, 5.41) is 4.89. The van der Waals surface area contributed by atoms with Gasteiger partial charge in [-0.1, -0.05) is 24.3 Å². The Bertz CT molecular complexity index is 800. The highest BCUT2D eigenvalue weighted by atomic mass is 32.1. The van der Waals surface area contributed by atoms with Gasteiger partial charge in [0.2, 0.25) is 5.91 Å². The second-order valence-electron chi connectivity index (χ2n) is 5.39. The minimum Gasteiger partial charge on any atom is -0.351 e. The summed E-state index contributed by atoms with van der Waals surface area (Å²) in [7, 11) is 0. The SMILES string of the molecule is O=C(CCc1ccc(-c2ccccc2F)nc1)NCc1cccs1. The largest absolute Gasteiger partial charge is 0.351 e. The van der Waals surface area contributed by atoms with Gasteiger partial charge in [-0.15, -0.1) is 11.3 Å². The van der Waals surface area contributed by atoms with Crippen molar-refractivity contribution in [1.29, 1.82) is 0 Å². The van der Waals surface area contributed by atoms with Gasteiger partial charge in [0.1, 0.15) is 5.82 Å². The van der Waals surface area contributed by atoms with E-state index in [2.05, 4.69) is 10.3 Å². The molecule has 0 radical (unpaired) electrons. The average molecular weight is 340 g/mol. The molecule has 0 fully saturated rings. The molecule has 0 spiro atoms. The molecular formula is C19H17FN2OS. The molecular weight excluding hydrogens is 323 g/mol. The Morgan fingerprint density at radius 1 is 1.12 bits per heavy atom. The van der Waals surface area contributed by atoms with Crippen LogP contribution >= 0.6 is 11.3 Å². The third-order valence-corrected chi connectivity index (χ3v) is 4.53. The van der Waals surface area contributed by atoms with Crippen molar-refractivity contribution in [3.8, 4) is 11.3 Å². The predicted molar refractivity (Wildman–Crippen MR) is 94.1 cm³/mol. The van der Waals surface area contributed by atoms with Crippen LogP contribution in [0.15, 0.2) is 60.1 Å². The van der Waals surface area contributed by atoms with Crippen molar-refractivity contribution < 1.29 is 9.18 Å². The molecule has 0 aliphatic heterocycles. The molecule has 1 N–H and O–H groups in total. The van der Waals surface area contributed by atoms with Crippen LogP contribution in [0, 0.1) is 5.82 Å². The van der Waals surface area contributed by atoms with Crippen molar-refractivity contribution in [3.63, 3.8) is 0 Å². The zero-order valence-electron chi connectivity index (χ0n) is 13.0. The summed E-state index contributed by atoms with van der Waals surface area (Å²) >= 11 is 1.62. The van der Waals surface area contributed by atoms with E-state index in [0.29, 0.717) is 30.6 Å². The smallest absolute Gasteiger partial charge is 0.220 e. The van der Waals surface area contributed by atoms with E-state index in [9.17, 15) is 9.18 Å². The van der Waals surface area contributed by atoms with Crippen LogP contribution in [0.1, 0.15) is 16.9 Å². The van der Waals surface area contributed by atoms with Gasteiger partial charge in [-0.05, 0) is 41.6 Å². The van der Waals surface area contributed by atoms with Crippen LogP contribution < -0.4 is 5.32 Å². The molecule has 0 unspecified atom stereocenters. The number of carbonyl (C=O) groups is 1. The Morgan fingerprint density at radius 3 is 2.71 bits per heavy atom. The molecule has 0 atom stereocenters. The number of hydrogen-bond donors (Lipinski definition) is 1. The van der Waals surface area contributed by atoms with Gasteiger partial charge in [-0.3, -0.25) is 9.78 Å². The van der Waals surface area contributed by atoms with Gasteiger partial charge in [-0.25, -0.2) is 4.39 Å². The molecule has 0 aliphatic rings. The van der Waals surface area contributed by atoms with E-state index in [1.54, 1.807) is 41.8 Å². The standard InChI is InChI=1S/C19H17FN2OS/c20-17-6-2-1-5-16(17)18-9-7-14(12-21-18)8-10-19(23)22-13-15-4-3-11-24-15/h1-7,9,11-12H,8,10,13H2,(H,22,23). The minimum atomic E-state index is -0.286. The van der Waals surface area contributed by atoms with Crippen LogP contribution in [0.25, 0.3) is 11.3 Å². The number of amides is 1. The summed E-state index contributed by atoms with van der Waals surface area (Å²) in [5.41, 5.74) is 2.04. The van der Waals surface area contributed by atoms with Gasteiger partial charge in [0, 0.05) is 23.1 Å². The maximum absolute atomic E-state index is 13.7. The lowest BCUT2D eigenvalue weighted by Crippen LogP contribution is -2.22. The second-order valence-corrected chi connectivity index (χ2v) is 6.42. The maximum Gasteiger partial charge on any atom is 0.220 e. The first kappa shape index (κ1) is 16.3. The van der Waals surface area contributed by atoms with Crippen molar-refractivity contribution in [2.24, 2.45) is 0 Å². The molecule has 24 heavy (non-hydrogen) atoms. The molecule has 0 aliphatic carbocycles. The molecule has 2 heterocycles. The van der Waals surface area contributed by atoms with E-state index < -0.39 is 0 Å². The Labute approximate surface area is 144 Å².